The highest BCUT2D eigenvalue weighted by molar-refractivity contribution is 5.81. The Balaban J connectivity index is 2.37. The van der Waals surface area contributed by atoms with Gasteiger partial charge in [0.25, 0.3) is 0 Å². The third kappa shape index (κ3) is 4.71. The van der Waals surface area contributed by atoms with E-state index in [2.05, 4.69) is 28.7 Å². The number of hydrogen-bond donors (Lipinski definition) is 2. The molecule has 2 N–H and O–H groups in total. The molecule has 0 aliphatic rings. The first kappa shape index (κ1) is 13.3. The van der Waals surface area contributed by atoms with Crippen molar-refractivity contribution in [3.8, 4) is 12.3 Å². The van der Waals surface area contributed by atoms with Crippen LogP contribution in [0.4, 0.5) is 0 Å². The van der Waals surface area contributed by atoms with Gasteiger partial charge in [-0.05, 0) is 19.4 Å². The van der Waals surface area contributed by atoms with Gasteiger partial charge in [-0.25, -0.2) is 0 Å². The standard InChI is InChI=1S/C14H18N2O/c1-4-9-15-14(17)12(3)16-10-13-7-5-11(2)6-8-13/h1,5-8,12,16H,9-10H2,2-3H3,(H,15,17). The van der Waals surface area contributed by atoms with Gasteiger partial charge in [-0.1, -0.05) is 35.7 Å². The summed E-state index contributed by atoms with van der Waals surface area (Å²) in [6.07, 6.45) is 5.07. The van der Waals surface area contributed by atoms with Crippen LogP contribution >= 0.6 is 0 Å². The molecule has 0 heterocycles. The molecule has 3 nitrogen and oxygen atoms in total. The van der Waals surface area contributed by atoms with Crippen LogP contribution in [0.3, 0.4) is 0 Å². The minimum atomic E-state index is -0.246. The van der Waals surface area contributed by atoms with E-state index in [4.69, 9.17) is 6.42 Å². The number of terminal acetylenes is 1. The fourth-order valence-corrected chi connectivity index (χ4v) is 1.36. The lowest BCUT2D eigenvalue weighted by Gasteiger charge is -2.13. The van der Waals surface area contributed by atoms with E-state index < -0.39 is 0 Å². The Kier molecular flexibility index (Phi) is 5.25. The molecular weight excluding hydrogens is 212 g/mol. The largest absolute Gasteiger partial charge is 0.344 e. The van der Waals surface area contributed by atoms with Crippen LogP contribution in [0.2, 0.25) is 0 Å². The van der Waals surface area contributed by atoms with Gasteiger partial charge < -0.3 is 10.6 Å². The molecule has 17 heavy (non-hydrogen) atoms. The molecule has 0 fully saturated rings. The lowest BCUT2D eigenvalue weighted by Crippen LogP contribution is -2.41. The van der Waals surface area contributed by atoms with Crippen LogP contribution in [0.25, 0.3) is 0 Å². The van der Waals surface area contributed by atoms with E-state index in [0.717, 1.165) is 5.56 Å². The second-order valence-electron chi connectivity index (χ2n) is 4.01. The fourth-order valence-electron chi connectivity index (χ4n) is 1.36. The maximum Gasteiger partial charge on any atom is 0.237 e. The lowest BCUT2D eigenvalue weighted by atomic mass is 10.1. The highest BCUT2D eigenvalue weighted by Gasteiger charge is 2.10. The minimum Gasteiger partial charge on any atom is -0.344 e. The van der Waals surface area contributed by atoms with Gasteiger partial charge in [0.05, 0.1) is 12.6 Å². The van der Waals surface area contributed by atoms with E-state index in [0.29, 0.717) is 6.54 Å². The highest BCUT2D eigenvalue weighted by atomic mass is 16.2. The summed E-state index contributed by atoms with van der Waals surface area (Å²) in [7, 11) is 0. The summed E-state index contributed by atoms with van der Waals surface area (Å²) in [5.74, 6) is 2.30. The molecule has 1 unspecified atom stereocenters. The SMILES string of the molecule is C#CCNC(=O)C(C)NCc1ccc(C)cc1. The summed E-state index contributed by atoms with van der Waals surface area (Å²) in [6, 6.07) is 7.97. The van der Waals surface area contributed by atoms with Crippen LogP contribution in [0.15, 0.2) is 24.3 Å². The predicted molar refractivity (Wildman–Crippen MR) is 69.3 cm³/mol. The molecule has 1 rings (SSSR count). The van der Waals surface area contributed by atoms with Gasteiger partial charge in [-0.15, -0.1) is 6.42 Å². The highest BCUT2D eigenvalue weighted by Crippen LogP contribution is 2.02. The summed E-state index contributed by atoms with van der Waals surface area (Å²) >= 11 is 0. The average molecular weight is 230 g/mol. The quantitative estimate of drug-likeness (QED) is 0.747. The Morgan fingerprint density at radius 3 is 2.65 bits per heavy atom. The first-order valence-corrected chi connectivity index (χ1v) is 5.63. The predicted octanol–water partition coefficient (Wildman–Crippen LogP) is 1.22. The molecule has 0 bridgehead atoms. The van der Waals surface area contributed by atoms with Crippen LogP contribution < -0.4 is 10.6 Å². The van der Waals surface area contributed by atoms with Crippen molar-refractivity contribution in [1.82, 2.24) is 10.6 Å². The molecule has 0 aliphatic heterocycles. The Hall–Kier alpha value is -1.79. The maximum atomic E-state index is 11.5. The van der Waals surface area contributed by atoms with E-state index in [9.17, 15) is 4.79 Å². The van der Waals surface area contributed by atoms with Gasteiger partial charge >= 0.3 is 0 Å². The van der Waals surface area contributed by atoms with Crippen molar-refractivity contribution in [2.24, 2.45) is 0 Å². The number of amides is 1. The van der Waals surface area contributed by atoms with Gasteiger partial charge in [0, 0.05) is 6.54 Å². The summed E-state index contributed by atoms with van der Waals surface area (Å²) in [4.78, 5) is 11.5. The van der Waals surface area contributed by atoms with E-state index in [1.165, 1.54) is 5.56 Å². The van der Waals surface area contributed by atoms with Crippen molar-refractivity contribution in [2.75, 3.05) is 6.54 Å². The molecule has 0 aromatic heterocycles. The number of hydrogen-bond acceptors (Lipinski definition) is 2. The molecule has 1 aromatic carbocycles. The molecule has 90 valence electrons. The molecule has 0 saturated carbocycles. The van der Waals surface area contributed by atoms with Crippen LogP contribution in [-0.4, -0.2) is 18.5 Å². The third-order valence-corrected chi connectivity index (χ3v) is 2.49. The lowest BCUT2D eigenvalue weighted by molar-refractivity contribution is -0.122. The summed E-state index contributed by atoms with van der Waals surface area (Å²) < 4.78 is 0. The second-order valence-corrected chi connectivity index (χ2v) is 4.01. The number of nitrogens with one attached hydrogen (secondary N) is 2. The summed E-state index contributed by atoms with van der Waals surface area (Å²) in [5.41, 5.74) is 2.39. The summed E-state index contributed by atoms with van der Waals surface area (Å²) in [6.45, 7) is 4.81. The number of rotatable bonds is 5. The fraction of sp³-hybridized carbons (Fsp3) is 0.357. The van der Waals surface area contributed by atoms with Crippen molar-refractivity contribution < 1.29 is 4.79 Å². The van der Waals surface area contributed by atoms with E-state index >= 15 is 0 Å². The Bertz CT molecular complexity index is 403. The summed E-state index contributed by atoms with van der Waals surface area (Å²) in [5, 5.41) is 5.79. The van der Waals surface area contributed by atoms with Gasteiger partial charge in [0.15, 0.2) is 0 Å². The van der Waals surface area contributed by atoms with Crippen LogP contribution in [-0.2, 0) is 11.3 Å². The molecule has 3 heteroatoms. The number of aryl methyl sites for hydroxylation is 1. The second kappa shape index (κ2) is 6.72. The maximum absolute atomic E-state index is 11.5. The van der Waals surface area contributed by atoms with Gasteiger partial charge in [-0.3, -0.25) is 4.79 Å². The molecule has 1 aromatic rings. The Labute approximate surface area is 103 Å². The average Bonchev–Trinajstić information content (AvgIpc) is 2.34. The zero-order valence-electron chi connectivity index (χ0n) is 10.3. The molecule has 0 aliphatic carbocycles. The van der Waals surface area contributed by atoms with E-state index in [1.807, 2.05) is 26.0 Å². The van der Waals surface area contributed by atoms with Crippen LogP contribution in [0.1, 0.15) is 18.1 Å². The van der Waals surface area contributed by atoms with Crippen molar-refractivity contribution in [3.05, 3.63) is 35.4 Å². The van der Waals surface area contributed by atoms with Gasteiger partial charge in [-0.2, -0.15) is 0 Å². The van der Waals surface area contributed by atoms with Crippen molar-refractivity contribution in [3.63, 3.8) is 0 Å². The van der Waals surface area contributed by atoms with Crippen molar-refractivity contribution >= 4 is 5.91 Å². The topological polar surface area (TPSA) is 41.1 Å². The van der Waals surface area contributed by atoms with Crippen molar-refractivity contribution in [2.45, 2.75) is 26.4 Å². The zero-order chi connectivity index (χ0) is 12.7. The zero-order valence-corrected chi connectivity index (χ0v) is 10.3. The van der Waals surface area contributed by atoms with E-state index in [1.54, 1.807) is 0 Å². The Morgan fingerprint density at radius 2 is 2.06 bits per heavy atom. The molecule has 0 saturated heterocycles. The molecule has 1 atom stereocenters. The van der Waals surface area contributed by atoms with Crippen LogP contribution in [0.5, 0.6) is 0 Å². The first-order valence-electron chi connectivity index (χ1n) is 5.63. The van der Waals surface area contributed by atoms with Gasteiger partial charge in [0.1, 0.15) is 0 Å². The monoisotopic (exact) mass is 230 g/mol. The minimum absolute atomic E-state index is 0.0740. The molecule has 1 amide bonds. The van der Waals surface area contributed by atoms with Crippen LogP contribution in [0, 0.1) is 19.3 Å². The Morgan fingerprint density at radius 1 is 1.41 bits per heavy atom. The van der Waals surface area contributed by atoms with E-state index in [-0.39, 0.29) is 18.5 Å². The number of carbonyl (C=O) groups is 1. The molecule has 0 radical (unpaired) electrons. The van der Waals surface area contributed by atoms with Gasteiger partial charge in [0.2, 0.25) is 5.91 Å². The first-order chi connectivity index (χ1) is 8.13. The third-order valence-electron chi connectivity index (χ3n) is 2.49. The number of benzene rings is 1. The normalized spacial score (nSPS) is 11.6. The van der Waals surface area contributed by atoms with Crippen molar-refractivity contribution in [1.29, 1.82) is 0 Å². The molecule has 0 spiro atoms. The number of carbonyl (C=O) groups excluding carboxylic acids is 1. The molecular formula is C14H18N2O. The smallest absolute Gasteiger partial charge is 0.237 e.